The highest BCUT2D eigenvalue weighted by molar-refractivity contribution is 4.85. The largest absolute Gasteiger partial charge is 0.346 e. The molecule has 13 heavy (non-hydrogen) atoms. The van der Waals surface area contributed by atoms with Gasteiger partial charge in [-0.2, -0.15) is 0 Å². The maximum absolute atomic E-state index is 5.66. The lowest BCUT2D eigenvalue weighted by atomic mass is 10.1. The van der Waals surface area contributed by atoms with Crippen LogP contribution in [0.3, 0.4) is 0 Å². The van der Waals surface area contributed by atoms with Crippen molar-refractivity contribution in [3.8, 4) is 0 Å². The van der Waals surface area contributed by atoms with Crippen molar-refractivity contribution in [1.29, 1.82) is 0 Å². The van der Waals surface area contributed by atoms with Gasteiger partial charge in [-0.15, -0.1) is 0 Å². The standard InChI is InChI=1S/C9H17NO3/c1-9(2)12-7-5-6(3-4-10)11-8(7)13-9/h6-8H,3-5,10H2,1-2H3/t6-,7-,8?/m1/s1. The summed E-state index contributed by atoms with van der Waals surface area (Å²) in [4.78, 5) is 0. The fraction of sp³-hybridized carbons (Fsp3) is 1.00. The highest BCUT2D eigenvalue weighted by Crippen LogP contribution is 2.37. The second kappa shape index (κ2) is 3.20. The summed E-state index contributed by atoms with van der Waals surface area (Å²) in [5.74, 6) is -0.483. The SMILES string of the molecule is CC1(C)OC2O[C@H](CCN)C[C@H]2O1. The van der Waals surface area contributed by atoms with Crippen LogP contribution in [-0.4, -0.2) is 30.8 Å². The molecule has 0 amide bonds. The molecule has 2 N–H and O–H groups in total. The lowest BCUT2D eigenvalue weighted by Gasteiger charge is -2.20. The lowest BCUT2D eigenvalue weighted by Crippen LogP contribution is -2.25. The molecule has 0 spiro atoms. The molecule has 3 atom stereocenters. The minimum absolute atomic E-state index is 0.103. The molecule has 0 aliphatic carbocycles. The third-order valence-corrected chi connectivity index (χ3v) is 2.45. The number of hydrogen-bond acceptors (Lipinski definition) is 4. The van der Waals surface area contributed by atoms with E-state index >= 15 is 0 Å². The zero-order valence-corrected chi connectivity index (χ0v) is 8.16. The normalized spacial score (nSPS) is 42.2. The van der Waals surface area contributed by atoms with E-state index in [9.17, 15) is 0 Å². The molecule has 0 aromatic heterocycles. The first-order valence-electron chi connectivity index (χ1n) is 4.82. The Morgan fingerprint density at radius 2 is 2.15 bits per heavy atom. The second-order valence-corrected chi connectivity index (χ2v) is 4.11. The second-order valence-electron chi connectivity index (χ2n) is 4.11. The molecule has 0 aromatic carbocycles. The summed E-state index contributed by atoms with van der Waals surface area (Å²) in [7, 11) is 0. The minimum atomic E-state index is -0.483. The molecule has 2 aliphatic rings. The molecule has 4 nitrogen and oxygen atoms in total. The number of fused-ring (bicyclic) bond motifs is 1. The predicted octanol–water partition coefficient (Wildman–Crippen LogP) is 0.602. The van der Waals surface area contributed by atoms with Crippen molar-refractivity contribution in [1.82, 2.24) is 0 Å². The van der Waals surface area contributed by atoms with Crippen molar-refractivity contribution in [2.24, 2.45) is 5.73 Å². The van der Waals surface area contributed by atoms with Crippen molar-refractivity contribution < 1.29 is 14.2 Å². The third kappa shape index (κ3) is 1.86. The van der Waals surface area contributed by atoms with E-state index in [0.29, 0.717) is 6.54 Å². The first kappa shape index (κ1) is 9.40. The topological polar surface area (TPSA) is 53.7 Å². The van der Waals surface area contributed by atoms with E-state index in [2.05, 4.69) is 0 Å². The van der Waals surface area contributed by atoms with Crippen molar-refractivity contribution in [3.05, 3.63) is 0 Å². The minimum Gasteiger partial charge on any atom is -0.346 e. The van der Waals surface area contributed by atoms with Gasteiger partial charge in [-0.25, -0.2) is 0 Å². The molecule has 1 unspecified atom stereocenters. The van der Waals surface area contributed by atoms with Crippen LogP contribution in [0.25, 0.3) is 0 Å². The maximum Gasteiger partial charge on any atom is 0.187 e. The van der Waals surface area contributed by atoms with Crippen LogP contribution < -0.4 is 5.73 Å². The molecule has 2 rings (SSSR count). The van der Waals surface area contributed by atoms with Crippen LogP contribution in [0.15, 0.2) is 0 Å². The van der Waals surface area contributed by atoms with Crippen molar-refractivity contribution in [2.45, 2.75) is 51.0 Å². The monoisotopic (exact) mass is 187 g/mol. The van der Waals surface area contributed by atoms with Crippen molar-refractivity contribution in [2.75, 3.05) is 6.54 Å². The first-order valence-corrected chi connectivity index (χ1v) is 4.82. The Bertz CT molecular complexity index is 179. The first-order chi connectivity index (χ1) is 6.11. The number of rotatable bonds is 2. The van der Waals surface area contributed by atoms with Gasteiger partial charge in [0.1, 0.15) is 6.10 Å². The van der Waals surface area contributed by atoms with Gasteiger partial charge in [-0.1, -0.05) is 0 Å². The summed E-state index contributed by atoms with van der Waals surface area (Å²) in [6.45, 7) is 4.48. The van der Waals surface area contributed by atoms with Gasteiger partial charge in [0.15, 0.2) is 12.1 Å². The summed E-state index contributed by atoms with van der Waals surface area (Å²) >= 11 is 0. The molecule has 2 heterocycles. The molecule has 0 aromatic rings. The van der Waals surface area contributed by atoms with E-state index in [1.54, 1.807) is 0 Å². The molecular formula is C9H17NO3. The number of ether oxygens (including phenoxy) is 3. The summed E-state index contributed by atoms with van der Waals surface area (Å²) < 4.78 is 16.9. The van der Waals surface area contributed by atoms with Gasteiger partial charge in [-0.3, -0.25) is 0 Å². The van der Waals surface area contributed by atoms with E-state index in [-0.39, 0.29) is 18.5 Å². The van der Waals surface area contributed by atoms with Gasteiger partial charge < -0.3 is 19.9 Å². The van der Waals surface area contributed by atoms with E-state index in [0.717, 1.165) is 12.8 Å². The Kier molecular flexibility index (Phi) is 2.32. The van der Waals surface area contributed by atoms with Crippen LogP contribution in [0.5, 0.6) is 0 Å². The zero-order chi connectivity index (χ0) is 9.47. The van der Waals surface area contributed by atoms with E-state index in [1.807, 2.05) is 13.8 Å². The van der Waals surface area contributed by atoms with Crippen LogP contribution >= 0.6 is 0 Å². The molecule has 0 bridgehead atoms. The maximum atomic E-state index is 5.66. The Morgan fingerprint density at radius 1 is 1.38 bits per heavy atom. The van der Waals surface area contributed by atoms with Crippen molar-refractivity contribution in [3.63, 3.8) is 0 Å². The smallest absolute Gasteiger partial charge is 0.187 e. The predicted molar refractivity (Wildman–Crippen MR) is 47.0 cm³/mol. The van der Waals surface area contributed by atoms with Gasteiger partial charge in [0, 0.05) is 6.42 Å². The average molecular weight is 187 g/mol. The van der Waals surface area contributed by atoms with Crippen LogP contribution in [0, 0.1) is 0 Å². The summed E-state index contributed by atoms with van der Waals surface area (Å²) in [5.41, 5.74) is 5.45. The molecule has 76 valence electrons. The van der Waals surface area contributed by atoms with E-state index in [4.69, 9.17) is 19.9 Å². The summed E-state index contributed by atoms with van der Waals surface area (Å²) in [5, 5.41) is 0. The summed E-state index contributed by atoms with van der Waals surface area (Å²) in [6.07, 6.45) is 1.94. The summed E-state index contributed by atoms with van der Waals surface area (Å²) in [6, 6.07) is 0. The molecule has 2 aliphatic heterocycles. The Hall–Kier alpha value is -0.160. The Morgan fingerprint density at radius 3 is 2.77 bits per heavy atom. The highest BCUT2D eigenvalue weighted by Gasteiger charge is 2.48. The quantitative estimate of drug-likeness (QED) is 0.688. The van der Waals surface area contributed by atoms with Gasteiger partial charge in [0.2, 0.25) is 0 Å². The molecule has 0 saturated carbocycles. The molecular weight excluding hydrogens is 170 g/mol. The highest BCUT2D eigenvalue weighted by atomic mass is 16.8. The number of hydrogen-bond donors (Lipinski definition) is 1. The lowest BCUT2D eigenvalue weighted by molar-refractivity contribution is -0.204. The number of nitrogens with two attached hydrogens (primary N) is 1. The van der Waals surface area contributed by atoms with E-state index < -0.39 is 5.79 Å². The van der Waals surface area contributed by atoms with Gasteiger partial charge in [0.05, 0.1) is 6.10 Å². The average Bonchev–Trinajstić information content (AvgIpc) is 2.41. The van der Waals surface area contributed by atoms with Gasteiger partial charge in [0.25, 0.3) is 0 Å². The van der Waals surface area contributed by atoms with Gasteiger partial charge >= 0.3 is 0 Å². The van der Waals surface area contributed by atoms with Crippen LogP contribution in [0.1, 0.15) is 26.7 Å². The molecule has 0 radical (unpaired) electrons. The zero-order valence-electron chi connectivity index (χ0n) is 8.16. The fourth-order valence-electron chi connectivity index (χ4n) is 1.95. The Balaban J connectivity index is 1.90. The van der Waals surface area contributed by atoms with E-state index in [1.165, 1.54) is 0 Å². The fourth-order valence-corrected chi connectivity index (χ4v) is 1.95. The van der Waals surface area contributed by atoms with Crippen LogP contribution in [-0.2, 0) is 14.2 Å². The molecule has 2 saturated heterocycles. The molecule has 4 heteroatoms. The van der Waals surface area contributed by atoms with Gasteiger partial charge in [-0.05, 0) is 26.8 Å². The third-order valence-electron chi connectivity index (χ3n) is 2.45. The van der Waals surface area contributed by atoms with Crippen LogP contribution in [0.2, 0.25) is 0 Å². The Labute approximate surface area is 78.3 Å². The van der Waals surface area contributed by atoms with Crippen LogP contribution in [0.4, 0.5) is 0 Å². The van der Waals surface area contributed by atoms with Crippen molar-refractivity contribution >= 4 is 0 Å². The molecule has 2 fully saturated rings.